The molecule has 3 aromatic rings. The molecular weight excluding hydrogens is 424 g/mol. The Hall–Kier alpha value is -2.90. The van der Waals surface area contributed by atoms with Crippen LogP contribution in [0.25, 0.3) is 10.9 Å². The van der Waals surface area contributed by atoms with E-state index in [1.54, 1.807) is 37.3 Å². The van der Waals surface area contributed by atoms with Crippen molar-refractivity contribution in [1.82, 2.24) is 9.29 Å². The Labute approximate surface area is 188 Å². The summed E-state index contributed by atoms with van der Waals surface area (Å²) < 4.78 is 33.9. The average molecular weight is 453 g/mol. The van der Waals surface area contributed by atoms with E-state index in [1.165, 1.54) is 3.97 Å². The monoisotopic (exact) mass is 452 g/mol. The number of nitrogens with one attached hydrogen (secondary N) is 1. The zero-order valence-electron chi connectivity index (χ0n) is 18.3. The van der Waals surface area contributed by atoms with Crippen LogP contribution in [0.5, 0.6) is 0 Å². The molecule has 1 N–H and O–H groups in total. The molecule has 6 nitrogen and oxygen atoms in total. The highest BCUT2D eigenvalue weighted by atomic mass is 32.2. The molecule has 0 unspecified atom stereocenters. The molecule has 0 saturated carbocycles. The lowest BCUT2D eigenvalue weighted by Crippen LogP contribution is -2.34. The molecule has 2 atom stereocenters. The third-order valence-electron chi connectivity index (χ3n) is 5.93. The molecule has 0 fully saturated rings. The summed E-state index contributed by atoms with van der Waals surface area (Å²) in [5.41, 5.74) is 2.25. The fourth-order valence-electron chi connectivity index (χ4n) is 4.32. The van der Waals surface area contributed by atoms with E-state index in [-0.39, 0.29) is 29.2 Å². The van der Waals surface area contributed by atoms with E-state index >= 15 is 0 Å². The molecule has 1 aromatic heterocycles. The zero-order chi connectivity index (χ0) is 22.7. The number of carbonyl (C=O) groups excluding carboxylic acids is 1. The van der Waals surface area contributed by atoms with Crippen LogP contribution in [-0.2, 0) is 19.6 Å². The first kappa shape index (κ1) is 22.3. The number of hydrogen-bond donors (Lipinski definition) is 1. The van der Waals surface area contributed by atoms with Gasteiger partial charge in [-0.2, -0.15) is 0 Å². The molecule has 1 aliphatic rings. The van der Waals surface area contributed by atoms with Crippen LogP contribution in [-0.4, -0.2) is 31.5 Å². The molecule has 168 valence electrons. The van der Waals surface area contributed by atoms with Gasteiger partial charge in [0.25, 0.3) is 10.0 Å². The summed E-state index contributed by atoms with van der Waals surface area (Å²) in [6, 6.07) is 17.5. The number of para-hydroxylation sites is 1. The Balaban J connectivity index is 1.84. The number of carbonyl (C=O) groups is 1. The van der Waals surface area contributed by atoms with Crippen LogP contribution in [0, 0.1) is 5.92 Å². The fourth-order valence-corrected chi connectivity index (χ4v) is 5.90. The first-order chi connectivity index (χ1) is 15.5. The Morgan fingerprint density at radius 3 is 2.53 bits per heavy atom. The number of rotatable bonds is 7. The lowest BCUT2D eigenvalue weighted by atomic mass is 9.88. The molecule has 0 radical (unpaired) electrons. The van der Waals surface area contributed by atoms with Crippen molar-refractivity contribution in [3.63, 3.8) is 0 Å². The molecule has 0 saturated heterocycles. The first-order valence-corrected chi connectivity index (χ1v) is 12.4. The number of hydrogen-bond acceptors (Lipinski definition) is 5. The molecule has 0 spiro atoms. The predicted octanol–water partition coefficient (Wildman–Crippen LogP) is 4.43. The number of aromatic nitrogens is 1. The van der Waals surface area contributed by atoms with Crippen molar-refractivity contribution in [2.24, 2.45) is 5.92 Å². The quantitative estimate of drug-likeness (QED) is 0.424. The summed E-state index contributed by atoms with van der Waals surface area (Å²) in [5, 5.41) is 4.33. The number of fused-ring (bicyclic) bond motifs is 1. The second-order valence-electron chi connectivity index (χ2n) is 7.92. The topological polar surface area (TPSA) is 77.4 Å². The second kappa shape index (κ2) is 9.30. The lowest BCUT2D eigenvalue weighted by molar-refractivity contribution is -0.142. The summed E-state index contributed by atoms with van der Waals surface area (Å²) in [6.07, 6.45) is 3.10. The van der Waals surface area contributed by atoms with Crippen LogP contribution in [0.15, 0.2) is 77.2 Å². The standard InChI is InChI=1S/C25H28N2O4S/c1-3-18-17-26-22(14-20(18)16-25(28)31-4-2)24-15-19-10-8-9-13-23(19)27(24)32(29,30)21-11-6-5-7-12-21/h5-15,18,22,26H,3-4,16-17H2,1-2H3/t18-,22+/m1/s1. The molecule has 32 heavy (non-hydrogen) atoms. The van der Waals surface area contributed by atoms with Crippen LogP contribution < -0.4 is 5.32 Å². The van der Waals surface area contributed by atoms with Gasteiger partial charge in [0.15, 0.2) is 0 Å². The van der Waals surface area contributed by atoms with E-state index in [1.807, 2.05) is 36.4 Å². The Morgan fingerprint density at radius 2 is 1.81 bits per heavy atom. The number of ether oxygens (including phenoxy) is 1. The minimum atomic E-state index is -3.81. The van der Waals surface area contributed by atoms with Crippen molar-refractivity contribution >= 4 is 26.9 Å². The van der Waals surface area contributed by atoms with E-state index < -0.39 is 10.0 Å². The summed E-state index contributed by atoms with van der Waals surface area (Å²) in [4.78, 5) is 12.4. The smallest absolute Gasteiger partial charge is 0.309 e. The Kier molecular flexibility index (Phi) is 6.48. The van der Waals surface area contributed by atoms with Crippen LogP contribution >= 0.6 is 0 Å². The van der Waals surface area contributed by atoms with Gasteiger partial charge in [-0.25, -0.2) is 12.4 Å². The zero-order valence-corrected chi connectivity index (χ0v) is 19.1. The van der Waals surface area contributed by atoms with Gasteiger partial charge in [-0.15, -0.1) is 0 Å². The molecule has 0 aliphatic carbocycles. The minimum absolute atomic E-state index is 0.208. The first-order valence-electron chi connectivity index (χ1n) is 11.0. The third-order valence-corrected chi connectivity index (χ3v) is 7.69. The molecule has 1 aliphatic heterocycles. The van der Waals surface area contributed by atoms with Gasteiger partial charge in [-0.1, -0.05) is 55.0 Å². The molecule has 4 rings (SSSR count). The van der Waals surface area contributed by atoms with Crippen molar-refractivity contribution in [3.8, 4) is 0 Å². The van der Waals surface area contributed by atoms with Crippen molar-refractivity contribution < 1.29 is 17.9 Å². The van der Waals surface area contributed by atoms with Crippen molar-refractivity contribution in [1.29, 1.82) is 0 Å². The van der Waals surface area contributed by atoms with E-state index in [0.717, 1.165) is 17.4 Å². The van der Waals surface area contributed by atoms with Gasteiger partial charge < -0.3 is 10.1 Å². The average Bonchev–Trinajstić information content (AvgIpc) is 3.20. The van der Waals surface area contributed by atoms with Gasteiger partial charge in [-0.3, -0.25) is 4.79 Å². The molecule has 2 aromatic carbocycles. The van der Waals surface area contributed by atoms with E-state index in [9.17, 15) is 13.2 Å². The molecule has 2 heterocycles. The normalized spacial score (nSPS) is 19.0. The van der Waals surface area contributed by atoms with E-state index in [2.05, 4.69) is 12.2 Å². The van der Waals surface area contributed by atoms with Gasteiger partial charge in [0.2, 0.25) is 0 Å². The largest absolute Gasteiger partial charge is 0.466 e. The van der Waals surface area contributed by atoms with Crippen LogP contribution in [0.2, 0.25) is 0 Å². The summed E-state index contributed by atoms with van der Waals surface area (Å²) in [6.45, 7) is 4.89. The number of esters is 1. The van der Waals surface area contributed by atoms with Crippen LogP contribution in [0.1, 0.15) is 38.4 Å². The lowest BCUT2D eigenvalue weighted by Gasteiger charge is -2.30. The summed E-state index contributed by atoms with van der Waals surface area (Å²) >= 11 is 0. The Morgan fingerprint density at radius 1 is 1.09 bits per heavy atom. The van der Waals surface area contributed by atoms with E-state index in [4.69, 9.17) is 4.74 Å². The van der Waals surface area contributed by atoms with E-state index in [0.29, 0.717) is 24.4 Å². The highest BCUT2D eigenvalue weighted by Crippen LogP contribution is 2.34. The fraction of sp³-hybridized carbons (Fsp3) is 0.320. The minimum Gasteiger partial charge on any atom is -0.466 e. The maximum atomic E-state index is 13.7. The molecule has 7 heteroatoms. The van der Waals surface area contributed by atoms with Crippen molar-refractivity contribution in [3.05, 3.63) is 78.0 Å². The van der Waals surface area contributed by atoms with Crippen LogP contribution in [0.4, 0.5) is 0 Å². The maximum Gasteiger partial charge on any atom is 0.309 e. The number of benzene rings is 2. The van der Waals surface area contributed by atoms with Gasteiger partial charge >= 0.3 is 5.97 Å². The summed E-state index contributed by atoms with van der Waals surface area (Å²) in [5.74, 6) is -0.0467. The van der Waals surface area contributed by atoms with Gasteiger partial charge in [0.05, 0.1) is 35.2 Å². The molecular formula is C25H28N2O4S. The molecule has 0 amide bonds. The van der Waals surface area contributed by atoms with Crippen molar-refractivity contribution in [2.45, 2.75) is 37.6 Å². The second-order valence-corrected chi connectivity index (χ2v) is 9.71. The molecule has 0 bridgehead atoms. The predicted molar refractivity (Wildman–Crippen MR) is 125 cm³/mol. The van der Waals surface area contributed by atoms with Gasteiger partial charge in [0.1, 0.15) is 0 Å². The Bertz CT molecular complexity index is 1250. The third kappa shape index (κ3) is 4.23. The van der Waals surface area contributed by atoms with Gasteiger partial charge in [0, 0.05) is 11.9 Å². The number of nitrogens with zero attached hydrogens (tertiary/aromatic N) is 1. The summed E-state index contributed by atoms with van der Waals surface area (Å²) in [7, 11) is -3.81. The maximum absolute atomic E-state index is 13.7. The van der Waals surface area contributed by atoms with Crippen LogP contribution in [0.3, 0.4) is 0 Å². The SMILES string of the molecule is CCOC(=O)CC1=C[C@@H](c2cc3ccccc3n2S(=O)(=O)c2ccccc2)NC[C@H]1CC. The highest BCUT2D eigenvalue weighted by molar-refractivity contribution is 7.90. The van der Waals surface area contributed by atoms with Gasteiger partial charge in [-0.05, 0) is 43.5 Å². The highest BCUT2D eigenvalue weighted by Gasteiger charge is 2.30. The van der Waals surface area contributed by atoms with Crippen molar-refractivity contribution in [2.75, 3.05) is 13.2 Å².